The molecule has 0 aliphatic carbocycles. The highest BCUT2D eigenvalue weighted by Gasteiger charge is 2.32. The van der Waals surface area contributed by atoms with Crippen LogP contribution >= 0.6 is 47.4 Å². The zero-order valence-corrected chi connectivity index (χ0v) is 10.6. The van der Waals surface area contributed by atoms with Crippen molar-refractivity contribution in [3.05, 3.63) is 35.4 Å². The molecular formula is C9H8Cl3NOS. The van der Waals surface area contributed by atoms with Crippen LogP contribution in [0, 0.1) is 0 Å². The number of carbonyl (C=O) groups is 1. The smallest absolute Gasteiger partial charge is 0.249 e. The van der Waals surface area contributed by atoms with Crippen molar-refractivity contribution in [1.82, 2.24) is 0 Å². The molecule has 6 heteroatoms. The monoisotopic (exact) mass is 283 g/mol. The molecule has 1 unspecified atom stereocenters. The lowest BCUT2D eigenvalue weighted by atomic mass is 10.0. The predicted octanol–water partition coefficient (Wildman–Crippen LogP) is 3.13. The molecule has 82 valence electrons. The quantitative estimate of drug-likeness (QED) is 0.636. The lowest BCUT2D eigenvalue weighted by molar-refractivity contribution is 0.0999. The molecule has 2 nitrogen and oxygen atoms in total. The highest BCUT2D eigenvalue weighted by atomic mass is 35.6. The van der Waals surface area contributed by atoms with Gasteiger partial charge in [0.05, 0.1) is 5.25 Å². The largest absolute Gasteiger partial charge is 0.366 e. The predicted molar refractivity (Wildman–Crippen MR) is 67.0 cm³/mol. The summed E-state index contributed by atoms with van der Waals surface area (Å²) >= 11 is 21.3. The highest BCUT2D eigenvalue weighted by Crippen LogP contribution is 2.44. The summed E-state index contributed by atoms with van der Waals surface area (Å²) in [5.41, 5.74) is 6.01. The molecule has 0 aliphatic heterocycles. The van der Waals surface area contributed by atoms with Gasteiger partial charge in [0.15, 0.2) is 0 Å². The van der Waals surface area contributed by atoms with Gasteiger partial charge in [-0.25, -0.2) is 0 Å². The number of halogens is 3. The van der Waals surface area contributed by atoms with Crippen LogP contribution in [0.15, 0.2) is 24.3 Å². The number of carbonyl (C=O) groups excluding carboxylic acids is 1. The molecule has 0 aliphatic rings. The molecule has 0 saturated carbocycles. The van der Waals surface area contributed by atoms with E-state index in [2.05, 4.69) is 12.6 Å². The number of hydrogen-bond donors (Lipinski definition) is 2. The van der Waals surface area contributed by atoms with Crippen LogP contribution in [0.25, 0.3) is 0 Å². The summed E-state index contributed by atoms with van der Waals surface area (Å²) in [4.78, 5) is 11.1. The van der Waals surface area contributed by atoms with Gasteiger partial charge in [0.2, 0.25) is 9.70 Å². The molecule has 0 spiro atoms. The summed E-state index contributed by atoms with van der Waals surface area (Å²) in [6, 6.07) is 6.63. The fourth-order valence-corrected chi connectivity index (χ4v) is 1.71. The molecule has 15 heavy (non-hydrogen) atoms. The normalized spacial score (nSPS) is 13.6. The van der Waals surface area contributed by atoms with Gasteiger partial charge in [-0.3, -0.25) is 4.79 Å². The third-order valence-corrected chi connectivity index (χ3v) is 3.61. The van der Waals surface area contributed by atoms with Gasteiger partial charge in [0.25, 0.3) is 0 Å². The van der Waals surface area contributed by atoms with Crippen molar-refractivity contribution >= 4 is 53.3 Å². The number of alkyl halides is 3. The summed E-state index contributed by atoms with van der Waals surface area (Å²) in [5.74, 6) is -0.570. The van der Waals surface area contributed by atoms with Crippen molar-refractivity contribution < 1.29 is 4.79 Å². The zero-order valence-electron chi connectivity index (χ0n) is 7.45. The first-order valence-corrected chi connectivity index (χ1v) is 5.62. The lowest BCUT2D eigenvalue weighted by Gasteiger charge is -2.21. The van der Waals surface area contributed by atoms with E-state index in [1.165, 1.54) is 0 Å². The Hall–Kier alpha value is -0.0900. The highest BCUT2D eigenvalue weighted by molar-refractivity contribution is 7.80. The topological polar surface area (TPSA) is 43.1 Å². The molecule has 0 saturated heterocycles. The van der Waals surface area contributed by atoms with Crippen LogP contribution in [0.3, 0.4) is 0 Å². The third kappa shape index (κ3) is 3.18. The molecule has 1 amide bonds. The maximum absolute atomic E-state index is 11.1. The maximum atomic E-state index is 11.1. The lowest BCUT2D eigenvalue weighted by Crippen LogP contribution is -2.19. The molecule has 0 radical (unpaired) electrons. The molecule has 0 aromatic heterocycles. The second kappa shape index (κ2) is 4.83. The second-order valence-electron chi connectivity index (χ2n) is 2.90. The van der Waals surface area contributed by atoms with Crippen molar-refractivity contribution in [1.29, 1.82) is 0 Å². The Labute approximate surface area is 108 Å². The Kier molecular flexibility index (Phi) is 4.18. The van der Waals surface area contributed by atoms with Crippen LogP contribution in [-0.4, -0.2) is 9.70 Å². The Morgan fingerprint density at radius 1 is 1.33 bits per heavy atom. The molecule has 0 bridgehead atoms. The zero-order chi connectivity index (χ0) is 11.6. The average Bonchev–Trinajstić information content (AvgIpc) is 2.15. The van der Waals surface area contributed by atoms with Gasteiger partial charge in [0.1, 0.15) is 0 Å². The van der Waals surface area contributed by atoms with Crippen LogP contribution in [0.1, 0.15) is 21.2 Å². The van der Waals surface area contributed by atoms with E-state index in [0.29, 0.717) is 11.1 Å². The van der Waals surface area contributed by atoms with Crippen molar-refractivity contribution in [2.24, 2.45) is 5.73 Å². The number of benzene rings is 1. The van der Waals surface area contributed by atoms with E-state index in [1.807, 2.05) is 0 Å². The van der Waals surface area contributed by atoms with Crippen LogP contribution in [0.4, 0.5) is 0 Å². The molecule has 1 aromatic carbocycles. The number of primary amides is 1. The SMILES string of the molecule is NC(=O)c1ccccc1C(S)C(Cl)(Cl)Cl. The second-order valence-corrected chi connectivity index (χ2v) is 5.78. The molecular weight excluding hydrogens is 277 g/mol. The van der Waals surface area contributed by atoms with Crippen LogP contribution in [-0.2, 0) is 0 Å². The fraction of sp³-hybridized carbons (Fsp3) is 0.222. The molecule has 2 N–H and O–H groups in total. The van der Waals surface area contributed by atoms with Gasteiger partial charge in [-0.15, -0.1) is 0 Å². The van der Waals surface area contributed by atoms with Crippen LogP contribution < -0.4 is 5.73 Å². The first-order valence-electron chi connectivity index (χ1n) is 3.97. The Bertz CT molecular complexity index is 378. The van der Waals surface area contributed by atoms with E-state index in [9.17, 15) is 4.79 Å². The van der Waals surface area contributed by atoms with Gasteiger partial charge in [-0.2, -0.15) is 12.6 Å². The van der Waals surface area contributed by atoms with Gasteiger partial charge >= 0.3 is 0 Å². The molecule has 0 fully saturated rings. The summed E-state index contributed by atoms with van der Waals surface area (Å²) in [7, 11) is 0. The number of nitrogens with two attached hydrogens (primary N) is 1. The minimum Gasteiger partial charge on any atom is -0.366 e. The van der Waals surface area contributed by atoms with E-state index >= 15 is 0 Å². The summed E-state index contributed by atoms with van der Waals surface area (Å²) in [6.45, 7) is 0. The molecule has 0 heterocycles. The van der Waals surface area contributed by atoms with Crippen molar-refractivity contribution in [2.75, 3.05) is 0 Å². The standard InChI is InChI=1S/C9H8Cl3NOS/c10-9(11,12)7(15)5-3-1-2-4-6(5)8(13)14/h1-4,7,15H,(H2,13,14). The van der Waals surface area contributed by atoms with E-state index in [4.69, 9.17) is 40.5 Å². The van der Waals surface area contributed by atoms with Gasteiger partial charge in [-0.05, 0) is 11.6 Å². The minimum atomic E-state index is -1.59. The number of thiol groups is 1. The van der Waals surface area contributed by atoms with Crippen molar-refractivity contribution in [2.45, 2.75) is 9.04 Å². The first kappa shape index (κ1) is 13.0. The van der Waals surface area contributed by atoms with Crippen molar-refractivity contribution in [3.8, 4) is 0 Å². The summed E-state index contributed by atoms with van der Waals surface area (Å²) < 4.78 is -1.59. The van der Waals surface area contributed by atoms with Gasteiger partial charge < -0.3 is 5.73 Å². The van der Waals surface area contributed by atoms with E-state index < -0.39 is 14.9 Å². The van der Waals surface area contributed by atoms with E-state index in [1.54, 1.807) is 24.3 Å². The molecule has 1 rings (SSSR count). The minimum absolute atomic E-state index is 0.309. The van der Waals surface area contributed by atoms with Gasteiger partial charge in [-0.1, -0.05) is 53.0 Å². The fourth-order valence-electron chi connectivity index (χ4n) is 1.14. The maximum Gasteiger partial charge on any atom is 0.249 e. The summed E-state index contributed by atoms with van der Waals surface area (Å²) in [5, 5.41) is -0.703. The van der Waals surface area contributed by atoms with E-state index in [-0.39, 0.29) is 0 Å². The third-order valence-electron chi connectivity index (χ3n) is 1.83. The number of rotatable bonds is 2. The summed E-state index contributed by atoms with van der Waals surface area (Å²) in [6.07, 6.45) is 0. The Balaban J connectivity index is 3.19. The average molecular weight is 285 g/mol. The molecule has 1 atom stereocenters. The van der Waals surface area contributed by atoms with Crippen LogP contribution in [0.5, 0.6) is 0 Å². The molecule has 1 aromatic rings. The number of hydrogen-bond acceptors (Lipinski definition) is 2. The number of amides is 1. The Morgan fingerprint density at radius 3 is 2.33 bits per heavy atom. The van der Waals surface area contributed by atoms with Crippen molar-refractivity contribution in [3.63, 3.8) is 0 Å². The van der Waals surface area contributed by atoms with Gasteiger partial charge in [0, 0.05) is 5.56 Å². The van der Waals surface area contributed by atoms with E-state index in [0.717, 1.165) is 0 Å². The first-order chi connectivity index (χ1) is 6.84. The Morgan fingerprint density at radius 2 is 1.87 bits per heavy atom. The van der Waals surface area contributed by atoms with Crippen LogP contribution in [0.2, 0.25) is 0 Å².